The van der Waals surface area contributed by atoms with E-state index in [1.54, 1.807) is 31.2 Å². The average Bonchev–Trinajstić information content (AvgIpc) is 2.98. The van der Waals surface area contributed by atoms with Gasteiger partial charge in [-0.1, -0.05) is 48.9 Å². The van der Waals surface area contributed by atoms with Crippen LogP contribution in [0.15, 0.2) is 71.6 Å². The van der Waals surface area contributed by atoms with Crippen molar-refractivity contribution in [3.63, 3.8) is 0 Å². The van der Waals surface area contributed by atoms with Crippen LogP contribution in [0.3, 0.4) is 0 Å². The van der Waals surface area contributed by atoms with Crippen molar-refractivity contribution in [2.75, 3.05) is 25.1 Å². The van der Waals surface area contributed by atoms with Crippen molar-refractivity contribution in [1.29, 1.82) is 0 Å². The lowest BCUT2D eigenvalue weighted by Crippen LogP contribution is -2.52. The topological polar surface area (TPSA) is 105 Å². The molecule has 3 aromatic rings. The monoisotopic (exact) mass is 595 g/mol. The number of carbonyl (C=O) groups excluding carboxylic acids is 2. The van der Waals surface area contributed by atoms with Gasteiger partial charge in [0.15, 0.2) is 11.5 Å². The summed E-state index contributed by atoms with van der Waals surface area (Å²) >= 11 is 0. The number of hydrogen-bond acceptors (Lipinski definition) is 6. The molecule has 9 nitrogen and oxygen atoms in total. The smallest absolute Gasteiger partial charge is 0.264 e. The van der Waals surface area contributed by atoms with Crippen molar-refractivity contribution in [1.82, 2.24) is 10.2 Å². The van der Waals surface area contributed by atoms with Gasteiger partial charge in [0, 0.05) is 18.7 Å². The van der Waals surface area contributed by atoms with Gasteiger partial charge in [-0.2, -0.15) is 0 Å². The second kappa shape index (κ2) is 14.2. The molecule has 0 heterocycles. The van der Waals surface area contributed by atoms with Crippen molar-refractivity contribution >= 4 is 27.5 Å². The highest BCUT2D eigenvalue weighted by atomic mass is 32.2. The second-order valence-electron chi connectivity index (χ2n) is 10.3. The Morgan fingerprint density at radius 3 is 2.14 bits per heavy atom. The van der Waals surface area contributed by atoms with Crippen molar-refractivity contribution in [3.8, 4) is 11.5 Å². The van der Waals surface area contributed by atoms with Crippen molar-refractivity contribution in [3.05, 3.63) is 83.4 Å². The van der Waals surface area contributed by atoms with Gasteiger partial charge in [0.2, 0.25) is 11.8 Å². The van der Waals surface area contributed by atoms with E-state index in [2.05, 4.69) is 5.32 Å². The third-order valence-electron chi connectivity index (χ3n) is 7.31. The van der Waals surface area contributed by atoms with Gasteiger partial charge in [0.1, 0.15) is 12.6 Å². The molecule has 2 atom stereocenters. The Bertz CT molecular complexity index is 1490. The molecule has 2 amide bonds. The lowest BCUT2D eigenvalue weighted by atomic mass is 10.1. The highest BCUT2D eigenvalue weighted by Crippen LogP contribution is 2.32. The summed E-state index contributed by atoms with van der Waals surface area (Å²) in [5.41, 5.74) is 3.07. The summed E-state index contributed by atoms with van der Waals surface area (Å²) in [7, 11) is -1.37. The first-order valence-corrected chi connectivity index (χ1v) is 15.3. The molecule has 0 aliphatic carbocycles. The predicted octanol–water partition coefficient (Wildman–Crippen LogP) is 4.85. The fourth-order valence-corrected chi connectivity index (χ4v) is 5.79. The Balaban J connectivity index is 2.07. The number of hydrogen-bond donors (Lipinski definition) is 1. The summed E-state index contributed by atoms with van der Waals surface area (Å²) < 4.78 is 39.9. The number of carbonyl (C=O) groups is 2. The maximum Gasteiger partial charge on any atom is 0.264 e. The van der Waals surface area contributed by atoms with Crippen LogP contribution in [0.5, 0.6) is 11.5 Å². The molecule has 0 radical (unpaired) electrons. The summed E-state index contributed by atoms with van der Waals surface area (Å²) in [5.74, 6) is -0.212. The van der Waals surface area contributed by atoms with Crippen LogP contribution in [0.2, 0.25) is 0 Å². The summed E-state index contributed by atoms with van der Waals surface area (Å²) in [6.45, 7) is 8.96. The molecular weight excluding hydrogens is 554 g/mol. The fraction of sp³-hybridized carbons (Fsp3) is 0.375. The molecule has 3 rings (SSSR count). The lowest BCUT2D eigenvalue weighted by molar-refractivity contribution is -0.139. The molecule has 0 aliphatic heterocycles. The summed E-state index contributed by atoms with van der Waals surface area (Å²) in [6.07, 6.45) is 0.731. The first kappa shape index (κ1) is 32.5. The van der Waals surface area contributed by atoms with Gasteiger partial charge >= 0.3 is 0 Å². The molecule has 0 unspecified atom stereocenters. The van der Waals surface area contributed by atoms with Gasteiger partial charge in [0.05, 0.1) is 24.8 Å². The molecule has 0 saturated heterocycles. The zero-order chi connectivity index (χ0) is 31.0. The Kier molecular flexibility index (Phi) is 11.0. The van der Waals surface area contributed by atoms with Gasteiger partial charge in [-0.3, -0.25) is 13.9 Å². The highest BCUT2D eigenvalue weighted by Gasteiger charge is 2.33. The first-order chi connectivity index (χ1) is 19.9. The summed E-state index contributed by atoms with van der Waals surface area (Å²) in [4.78, 5) is 28.7. The number of ether oxygens (including phenoxy) is 2. The molecule has 0 saturated carbocycles. The van der Waals surface area contributed by atoms with Crippen molar-refractivity contribution in [2.45, 2.75) is 64.6 Å². The fourth-order valence-electron chi connectivity index (χ4n) is 4.36. The lowest BCUT2D eigenvalue weighted by Gasteiger charge is -2.33. The van der Waals surface area contributed by atoms with Gasteiger partial charge in [-0.25, -0.2) is 8.42 Å². The standard InChI is InChI=1S/C32H41N3O6S/c1-8-24(4)33-32(37)25(5)34(20-26-12-10-9-11-23(26)3)31(36)21-35(27-15-13-22(2)14-16-27)42(38,39)28-17-18-29(40-6)30(19-28)41-7/h9-19,24-25H,8,20-21H2,1-7H3,(H,33,37)/t24-,25-/m0/s1. The van der Waals surface area contributed by atoms with Gasteiger partial charge in [-0.15, -0.1) is 0 Å². The maximum atomic E-state index is 14.1. The molecule has 3 aromatic carbocycles. The average molecular weight is 596 g/mol. The van der Waals surface area contributed by atoms with Crippen molar-refractivity contribution < 1.29 is 27.5 Å². The number of anilines is 1. The van der Waals surface area contributed by atoms with Crippen LogP contribution in [-0.2, 0) is 26.2 Å². The Hall–Kier alpha value is -4.05. The van der Waals surface area contributed by atoms with Crippen LogP contribution in [0.4, 0.5) is 5.69 Å². The van der Waals surface area contributed by atoms with E-state index in [9.17, 15) is 18.0 Å². The van der Waals surface area contributed by atoms with Crippen molar-refractivity contribution in [2.24, 2.45) is 0 Å². The van der Waals surface area contributed by atoms with Crippen LogP contribution >= 0.6 is 0 Å². The molecule has 0 aromatic heterocycles. The second-order valence-corrected chi connectivity index (χ2v) is 12.2. The number of nitrogens with zero attached hydrogens (tertiary/aromatic N) is 2. The van der Waals surface area contributed by atoms with Crippen LogP contribution < -0.4 is 19.1 Å². The number of rotatable bonds is 13. The van der Waals surface area contributed by atoms with E-state index in [-0.39, 0.29) is 29.1 Å². The van der Waals surface area contributed by atoms with Crippen LogP contribution in [-0.4, -0.2) is 58.0 Å². The number of nitrogens with one attached hydrogen (secondary N) is 1. The minimum atomic E-state index is -4.25. The van der Waals surface area contributed by atoms with Crippen LogP contribution in [0.25, 0.3) is 0 Å². The summed E-state index contributed by atoms with van der Waals surface area (Å²) in [6, 6.07) is 17.8. The molecular formula is C32H41N3O6S. The molecule has 0 aliphatic rings. The van der Waals surface area contributed by atoms with E-state index in [0.29, 0.717) is 11.4 Å². The normalized spacial score (nSPS) is 12.6. The van der Waals surface area contributed by atoms with E-state index in [4.69, 9.17) is 9.47 Å². The molecule has 226 valence electrons. The number of amides is 2. The van der Waals surface area contributed by atoms with Gasteiger partial charge < -0.3 is 19.7 Å². The summed E-state index contributed by atoms with van der Waals surface area (Å²) in [5, 5.41) is 2.95. The zero-order valence-corrected chi connectivity index (χ0v) is 26.2. The van der Waals surface area contributed by atoms with Gasteiger partial charge in [-0.05, 0) is 69.5 Å². The van der Waals surface area contributed by atoms with Crippen LogP contribution in [0, 0.1) is 13.8 Å². The Morgan fingerprint density at radius 2 is 1.55 bits per heavy atom. The van der Waals surface area contributed by atoms with Crippen LogP contribution in [0.1, 0.15) is 43.9 Å². The quantitative estimate of drug-likeness (QED) is 0.303. The molecule has 10 heteroatoms. The minimum Gasteiger partial charge on any atom is -0.493 e. The first-order valence-electron chi connectivity index (χ1n) is 13.9. The van der Waals surface area contributed by atoms with E-state index in [1.807, 2.05) is 52.0 Å². The number of sulfonamides is 1. The molecule has 42 heavy (non-hydrogen) atoms. The molecule has 1 N–H and O–H groups in total. The number of methoxy groups -OCH3 is 2. The third kappa shape index (κ3) is 7.61. The molecule has 0 fully saturated rings. The predicted molar refractivity (Wildman–Crippen MR) is 164 cm³/mol. The largest absolute Gasteiger partial charge is 0.493 e. The van der Waals surface area contributed by atoms with E-state index < -0.39 is 28.5 Å². The maximum absolute atomic E-state index is 14.1. The third-order valence-corrected chi connectivity index (χ3v) is 9.08. The Morgan fingerprint density at radius 1 is 0.905 bits per heavy atom. The van der Waals surface area contributed by atoms with E-state index >= 15 is 0 Å². The van der Waals surface area contributed by atoms with E-state index in [0.717, 1.165) is 27.4 Å². The minimum absolute atomic E-state index is 0.0680. The molecule has 0 spiro atoms. The van der Waals surface area contributed by atoms with Gasteiger partial charge in [0.25, 0.3) is 10.0 Å². The number of benzene rings is 3. The zero-order valence-electron chi connectivity index (χ0n) is 25.4. The number of aryl methyl sites for hydroxylation is 2. The highest BCUT2D eigenvalue weighted by molar-refractivity contribution is 7.92. The van der Waals surface area contributed by atoms with E-state index in [1.165, 1.54) is 37.3 Å². The molecule has 0 bridgehead atoms. The SMILES string of the molecule is CC[C@H](C)NC(=O)[C@H](C)N(Cc1ccccc1C)C(=O)CN(c1ccc(C)cc1)S(=O)(=O)c1ccc(OC)c(OC)c1. The Labute approximate surface area is 249 Å².